The highest BCUT2D eigenvalue weighted by molar-refractivity contribution is 7.99. The van der Waals surface area contributed by atoms with Crippen LogP contribution in [0.1, 0.15) is 5.82 Å². The number of nitrogens with zero attached hydrogens (tertiary/aromatic N) is 3. The number of aromatic nitrogens is 3. The highest BCUT2D eigenvalue weighted by atomic mass is 32.2. The fraction of sp³-hybridized carbons (Fsp3) is 0.400. The van der Waals surface area contributed by atoms with Crippen LogP contribution in [0.2, 0.25) is 0 Å². The molecule has 0 saturated heterocycles. The summed E-state index contributed by atoms with van der Waals surface area (Å²) in [7, 11) is 1.76. The zero-order chi connectivity index (χ0) is 14.3. The molecular formula is C10H16N6O2S. The summed E-state index contributed by atoms with van der Waals surface area (Å²) >= 11 is 1.18. The zero-order valence-corrected chi connectivity index (χ0v) is 11.4. The number of amides is 3. The molecule has 0 bridgehead atoms. The van der Waals surface area contributed by atoms with Crippen molar-refractivity contribution in [3.8, 4) is 0 Å². The van der Waals surface area contributed by atoms with Gasteiger partial charge in [0.05, 0.1) is 12.3 Å². The number of urea groups is 1. The van der Waals surface area contributed by atoms with Gasteiger partial charge in [0.2, 0.25) is 5.91 Å². The molecule has 0 aliphatic carbocycles. The summed E-state index contributed by atoms with van der Waals surface area (Å²) in [6.45, 7) is 4.03. The van der Waals surface area contributed by atoms with E-state index < -0.39 is 11.9 Å². The lowest BCUT2D eigenvalue weighted by Crippen LogP contribution is -2.40. The van der Waals surface area contributed by atoms with Gasteiger partial charge in [0.1, 0.15) is 5.82 Å². The molecule has 1 rings (SSSR count). The van der Waals surface area contributed by atoms with Crippen LogP contribution >= 0.6 is 11.8 Å². The molecule has 3 amide bonds. The highest BCUT2D eigenvalue weighted by Gasteiger charge is 2.11. The standard InChI is InChI=1S/C10H16N6O2S/c1-3-4-12-9(18)13-8(17)6-19-10-15-14-7(5-11)16(10)2/h3H,1,4-6,11H2,2H3,(H2,12,13,17,18). The first-order valence-electron chi connectivity index (χ1n) is 5.48. The minimum absolute atomic E-state index is 0.0675. The SMILES string of the molecule is C=CCNC(=O)NC(=O)CSc1nnc(CN)n1C. The first kappa shape index (κ1) is 15.2. The second-order valence-electron chi connectivity index (χ2n) is 3.50. The smallest absolute Gasteiger partial charge is 0.321 e. The molecule has 1 aromatic heterocycles. The number of hydrogen-bond donors (Lipinski definition) is 3. The monoisotopic (exact) mass is 284 g/mol. The van der Waals surface area contributed by atoms with E-state index in [9.17, 15) is 9.59 Å². The Morgan fingerprint density at radius 1 is 1.53 bits per heavy atom. The Morgan fingerprint density at radius 2 is 2.26 bits per heavy atom. The summed E-state index contributed by atoms with van der Waals surface area (Å²) < 4.78 is 1.70. The molecule has 0 aliphatic rings. The lowest BCUT2D eigenvalue weighted by molar-refractivity contribution is -0.117. The molecule has 0 aliphatic heterocycles. The van der Waals surface area contributed by atoms with Gasteiger partial charge in [-0.25, -0.2) is 4.79 Å². The van der Waals surface area contributed by atoms with Crippen LogP contribution in [0.15, 0.2) is 17.8 Å². The molecule has 104 valence electrons. The van der Waals surface area contributed by atoms with Crippen LogP contribution in [0.4, 0.5) is 4.79 Å². The van der Waals surface area contributed by atoms with Crippen LogP contribution in [-0.4, -0.2) is 39.0 Å². The fourth-order valence-corrected chi connectivity index (χ4v) is 1.88. The first-order valence-corrected chi connectivity index (χ1v) is 6.46. The van der Waals surface area contributed by atoms with E-state index >= 15 is 0 Å². The quantitative estimate of drug-likeness (QED) is 0.473. The van der Waals surface area contributed by atoms with Crippen molar-refractivity contribution in [1.29, 1.82) is 0 Å². The molecule has 9 heteroatoms. The van der Waals surface area contributed by atoms with Crippen molar-refractivity contribution in [1.82, 2.24) is 25.4 Å². The maximum absolute atomic E-state index is 11.5. The maximum atomic E-state index is 11.5. The Balaban J connectivity index is 2.39. The number of imide groups is 1. The van der Waals surface area contributed by atoms with Crippen molar-refractivity contribution in [3.05, 3.63) is 18.5 Å². The summed E-state index contributed by atoms with van der Waals surface area (Å²) in [5.41, 5.74) is 5.46. The summed E-state index contributed by atoms with van der Waals surface area (Å²) in [5.74, 6) is 0.286. The summed E-state index contributed by atoms with van der Waals surface area (Å²) in [6, 6.07) is -0.550. The van der Waals surface area contributed by atoms with Crippen molar-refractivity contribution < 1.29 is 9.59 Å². The average Bonchev–Trinajstić information content (AvgIpc) is 2.74. The zero-order valence-electron chi connectivity index (χ0n) is 10.5. The van der Waals surface area contributed by atoms with E-state index in [4.69, 9.17) is 5.73 Å². The van der Waals surface area contributed by atoms with E-state index in [-0.39, 0.29) is 12.3 Å². The molecule has 0 saturated carbocycles. The lowest BCUT2D eigenvalue weighted by Gasteiger charge is -2.04. The van der Waals surface area contributed by atoms with Crippen LogP contribution in [0.3, 0.4) is 0 Å². The summed E-state index contributed by atoms with van der Waals surface area (Å²) in [6.07, 6.45) is 1.52. The number of carbonyl (C=O) groups is 2. The second kappa shape index (κ2) is 7.54. The Labute approximate surface area is 114 Å². The Bertz CT molecular complexity index is 473. The van der Waals surface area contributed by atoms with Gasteiger partial charge in [0.15, 0.2) is 5.16 Å². The largest absolute Gasteiger partial charge is 0.334 e. The molecule has 0 spiro atoms. The topological polar surface area (TPSA) is 115 Å². The van der Waals surface area contributed by atoms with Crippen molar-refractivity contribution in [3.63, 3.8) is 0 Å². The van der Waals surface area contributed by atoms with Gasteiger partial charge in [-0.3, -0.25) is 10.1 Å². The van der Waals surface area contributed by atoms with Gasteiger partial charge in [-0.1, -0.05) is 17.8 Å². The predicted octanol–water partition coefficient (Wildman–Crippen LogP) is -0.622. The second-order valence-corrected chi connectivity index (χ2v) is 4.44. The minimum Gasteiger partial charge on any atom is -0.334 e. The third kappa shape index (κ3) is 4.72. The van der Waals surface area contributed by atoms with Crippen LogP contribution in [-0.2, 0) is 18.4 Å². The number of nitrogens with one attached hydrogen (secondary N) is 2. The first-order chi connectivity index (χ1) is 9.08. The predicted molar refractivity (Wildman–Crippen MR) is 71.4 cm³/mol. The van der Waals surface area contributed by atoms with E-state index in [1.807, 2.05) is 0 Å². The molecule has 4 N–H and O–H groups in total. The van der Waals surface area contributed by atoms with Gasteiger partial charge in [-0.05, 0) is 0 Å². The number of thioether (sulfide) groups is 1. The van der Waals surface area contributed by atoms with Gasteiger partial charge >= 0.3 is 6.03 Å². The molecule has 1 heterocycles. The van der Waals surface area contributed by atoms with Crippen molar-refractivity contribution in [2.24, 2.45) is 12.8 Å². The van der Waals surface area contributed by atoms with E-state index in [1.54, 1.807) is 11.6 Å². The normalized spacial score (nSPS) is 10.0. The van der Waals surface area contributed by atoms with Gasteiger partial charge in [0, 0.05) is 13.6 Å². The van der Waals surface area contributed by atoms with E-state index in [2.05, 4.69) is 27.4 Å². The minimum atomic E-state index is -0.550. The third-order valence-corrected chi connectivity index (χ3v) is 3.12. The summed E-state index contributed by atoms with van der Waals surface area (Å²) in [5, 5.41) is 12.9. The summed E-state index contributed by atoms with van der Waals surface area (Å²) in [4.78, 5) is 22.7. The third-order valence-electron chi connectivity index (χ3n) is 2.10. The lowest BCUT2D eigenvalue weighted by atomic mass is 10.6. The Kier molecular flexibility index (Phi) is 6.03. The molecule has 19 heavy (non-hydrogen) atoms. The van der Waals surface area contributed by atoms with Crippen LogP contribution in [0.25, 0.3) is 0 Å². The van der Waals surface area contributed by atoms with Gasteiger partial charge < -0.3 is 15.6 Å². The highest BCUT2D eigenvalue weighted by Crippen LogP contribution is 2.14. The molecule has 0 radical (unpaired) electrons. The van der Waals surface area contributed by atoms with E-state index in [0.717, 1.165) is 0 Å². The van der Waals surface area contributed by atoms with Gasteiger partial charge in [-0.2, -0.15) is 0 Å². The van der Waals surface area contributed by atoms with Gasteiger partial charge in [0.25, 0.3) is 0 Å². The Hall–Kier alpha value is -1.87. The van der Waals surface area contributed by atoms with Crippen LogP contribution in [0, 0.1) is 0 Å². The molecule has 0 unspecified atom stereocenters. The molecule has 8 nitrogen and oxygen atoms in total. The number of rotatable bonds is 6. The van der Waals surface area contributed by atoms with Crippen molar-refractivity contribution in [2.75, 3.05) is 12.3 Å². The van der Waals surface area contributed by atoms with Crippen molar-refractivity contribution >= 4 is 23.7 Å². The molecule has 1 aromatic rings. The number of hydrogen-bond acceptors (Lipinski definition) is 6. The maximum Gasteiger partial charge on any atom is 0.321 e. The molecular weight excluding hydrogens is 268 g/mol. The molecule has 0 fully saturated rings. The van der Waals surface area contributed by atoms with E-state index in [0.29, 0.717) is 17.5 Å². The van der Waals surface area contributed by atoms with Crippen LogP contribution < -0.4 is 16.4 Å². The van der Waals surface area contributed by atoms with Crippen molar-refractivity contribution in [2.45, 2.75) is 11.7 Å². The van der Waals surface area contributed by atoms with Gasteiger partial charge in [-0.15, -0.1) is 16.8 Å². The Morgan fingerprint density at radius 3 is 2.84 bits per heavy atom. The fourth-order valence-electron chi connectivity index (χ4n) is 1.15. The van der Waals surface area contributed by atoms with E-state index in [1.165, 1.54) is 17.8 Å². The molecule has 0 aromatic carbocycles. The number of nitrogens with two attached hydrogens (primary N) is 1. The average molecular weight is 284 g/mol. The molecule has 0 atom stereocenters. The van der Waals surface area contributed by atoms with Crippen LogP contribution in [0.5, 0.6) is 0 Å². The number of carbonyl (C=O) groups excluding carboxylic acids is 2.